The van der Waals surface area contributed by atoms with Crippen LogP contribution >= 0.6 is 0 Å². The van der Waals surface area contributed by atoms with E-state index in [1.54, 1.807) is 12.5 Å². The minimum absolute atomic E-state index is 0.0658. The summed E-state index contributed by atoms with van der Waals surface area (Å²) in [6.07, 6.45) is 7.10. The third-order valence-corrected chi connectivity index (χ3v) is 6.47. The number of fused-ring (bicyclic) bond motifs is 1. The molecule has 5 heteroatoms. The topological polar surface area (TPSA) is 63.8 Å². The van der Waals surface area contributed by atoms with Gasteiger partial charge in [-0.3, -0.25) is 9.97 Å². The standard InChI is InChI=1S/C29H28N4O/c1-4-22-23-15-20(27-21(17-34)13-14-31-29(27)26-16-30-18-33(26)3)11-12-25(23)32-24(5-2)28(22)19-9-7-6-8-10-19/h6-16,18,34H,4-5,17H2,1-3H3. The number of pyridine rings is 2. The molecule has 0 amide bonds. The van der Waals surface area contributed by atoms with Crippen LogP contribution in [0.15, 0.2) is 73.3 Å². The first kappa shape index (κ1) is 22.0. The number of aryl methyl sites for hydroxylation is 3. The third kappa shape index (κ3) is 3.68. The fourth-order valence-corrected chi connectivity index (χ4v) is 4.84. The summed E-state index contributed by atoms with van der Waals surface area (Å²) in [4.78, 5) is 14.0. The first-order valence-corrected chi connectivity index (χ1v) is 11.7. The SMILES string of the molecule is CCc1nc2ccc(-c3c(CO)ccnc3-c3cncn3C)cc2c(CC)c1-c1ccccc1. The maximum absolute atomic E-state index is 10.2. The summed E-state index contributed by atoms with van der Waals surface area (Å²) in [5.74, 6) is 0. The Hall–Kier alpha value is -3.83. The molecule has 0 saturated carbocycles. The van der Waals surface area contributed by atoms with Gasteiger partial charge in [0, 0.05) is 35.5 Å². The van der Waals surface area contributed by atoms with Crippen LogP contribution in [0.5, 0.6) is 0 Å². The molecular weight excluding hydrogens is 420 g/mol. The Labute approximate surface area is 199 Å². The van der Waals surface area contributed by atoms with Crippen LogP contribution in [0.4, 0.5) is 0 Å². The molecule has 0 bridgehead atoms. The van der Waals surface area contributed by atoms with Crippen molar-refractivity contribution in [3.63, 3.8) is 0 Å². The number of rotatable bonds is 6. The highest BCUT2D eigenvalue weighted by atomic mass is 16.3. The third-order valence-electron chi connectivity index (χ3n) is 6.47. The molecule has 5 nitrogen and oxygen atoms in total. The van der Waals surface area contributed by atoms with Gasteiger partial charge in [0.25, 0.3) is 0 Å². The lowest BCUT2D eigenvalue weighted by atomic mass is 9.90. The van der Waals surface area contributed by atoms with Gasteiger partial charge in [-0.1, -0.05) is 50.2 Å². The van der Waals surface area contributed by atoms with Gasteiger partial charge in [0.05, 0.1) is 36.0 Å². The lowest BCUT2D eigenvalue weighted by Crippen LogP contribution is -2.02. The summed E-state index contributed by atoms with van der Waals surface area (Å²) in [6.45, 7) is 4.30. The van der Waals surface area contributed by atoms with E-state index >= 15 is 0 Å². The Kier molecular flexibility index (Phi) is 5.95. The van der Waals surface area contributed by atoms with E-state index in [4.69, 9.17) is 9.97 Å². The van der Waals surface area contributed by atoms with Crippen molar-refractivity contribution in [2.75, 3.05) is 0 Å². The minimum atomic E-state index is -0.0658. The molecule has 2 aromatic carbocycles. The van der Waals surface area contributed by atoms with Crippen molar-refractivity contribution in [1.29, 1.82) is 0 Å². The summed E-state index contributed by atoms with van der Waals surface area (Å²) in [5.41, 5.74) is 10.3. The minimum Gasteiger partial charge on any atom is -0.392 e. The van der Waals surface area contributed by atoms with Gasteiger partial charge in [-0.25, -0.2) is 4.98 Å². The fraction of sp³-hybridized carbons (Fsp3) is 0.207. The first-order valence-electron chi connectivity index (χ1n) is 11.7. The first-order chi connectivity index (χ1) is 16.7. The van der Waals surface area contributed by atoms with Crippen LogP contribution in [0.1, 0.15) is 30.7 Å². The van der Waals surface area contributed by atoms with E-state index in [2.05, 4.69) is 61.3 Å². The van der Waals surface area contributed by atoms with Crippen molar-refractivity contribution in [1.82, 2.24) is 19.5 Å². The number of hydrogen-bond donors (Lipinski definition) is 1. The average Bonchev–Trinajstić information content (AvgIpc) is 3.32. The summed E-state index contributed by atoms with van der Waals surface area (Å²) < 4.78 is 1.95. The van der Waals surface area contributed by atoms with E-state index in [0.29, 0.717) is 0 Å². The van der Waals surface area contributed by atoms with Crippen LogP contribution in [-0.4, -0.2) is 24.6 Å². The van der Waals surface area contributed by atoms with E-state index in [0.717, 1.165) is 57.5 Å². The molecule has 0 fully saturated rings. The molecule has 3 aromatic heterocycles. The molecule has 5 rings (SSSR count). The molecule has 0 atom stereocenters. The zero-order chi connectivity index (χ0) is 23.7. The number of nitrogens with zero attached hydrogens (tertiary/aromatic N) is 4. The van der Waals surface area contributed by atoms with Crippen LogP contribution in [0.25, 0.3) is 44.5 Å². The highest BCUT2D eigenvalue weighted by molar-refractivity contribution is 5.95. The Morgan fingerprint density at radius 2 is 1.74 bits per heavy atom. The number of aliphatic hydroxyl groups is 1. The van der Waals surface area contributed by atoms with Crippen molar-refractivity contribution in [3.8, 4) is 33.6 Å². The Morgan fingerprint density at radius 3 is 2.41 bits per heavy atom. The van der Waals surface area contributed by atoms with Crippen LogP contribution < -0.4 is 0 Å². The maximum Gasteiger partial charge on any atom is 0.0964 e. The van der Waals surface area contributed by atoms with Gasteiger partial charge in [0.1, 0.15) is 0 Å². The summed E-state index contributed by atoms with van der Waals surface area (Å²) in [7, 11) is 1.96. The largest absolute Gasteiger partial charge is 0.392 e. The van der Waals surface area contributed by atoms with Crippen LogP contribution in [0.2, 0.25) is 0 Å². The molecular formula is C29H28N4O. The van der Waals surface area contributed by atoms with Gasteiger partial charge < -0.3 is 9.67 Å². The van der Waals surface area contributed by atoms with Crippen molar-refractivity contribution in [2.45, 2.75) is 33.3 Å². The number of aliphatic hydroxyl groups excluding tert-OH is 1. The second kappa shape index (κ2) is 9.20. The van der Waals surface area contributed by atoms with Gasteiger partial charge >= 0.3 is 0 Å². The molecule has 0 radical (unpaired) electrons. The lowest BCUT2D eigenvalue weighted by Gasteiger charge is -2.18. The van der Waals surface area contributed by atoms with Gasteiger partial charge in [-0.15, -0.1) is 0 Å². The summed E-state index contributed by atoms with van der Waals surface area (Å²) in [6, 6.07) is 18.8. The summed E-state index contributed by atoms with van der Waals surface area (Å²) >= 11 is 0. The van der Waals surface area contributed by atoms with Crippen LogP contribution in [-0.2, 0) is 26.5 Å². The Balaban J connectivity index is 1.81. The van der Waals surface area contributed by atoms with Crippen molar-refractivity contribution >= 4 is 10.9 Å². The second-order valence-electron chi connectivity index (χ2n) is 8.46. The average molecular weight is 449 g/mol. The summed E-state index contributed by atoms with van der Waals surface area (Å²) in [5, 5.41) is 11.3. The molecule has 5 aromatic rings. The lowest BCUT2D eigenvalue weighted by molar-refractivity contribution is 0.282. The van der Waals surface area contributed by atoms with Gasteiger partial charge in [0.15, 0.2) is 0 Å². The van der Waals surface area contributed by atoms with Gasteiger partial charge in [0.2, 0.25) is 0 Å². The van der Waals surface area contributed by atoms with Gasteiger partial charge in [-0.2, -0.15) is 0 Å². The zero-order valence-corrected chi connectivity index (χ0v) is 19.8. The molecule has 1 N–H and O–H groups in total. The predicted octanol–water partition coefficient (Wildman–Crippen LogP) is 5.98. The fourth-order valence-electron chi connectivity index (χ4n) is 4.84. The predicted molar refractivity (Wildman–Crippen MR) is 137 cm³/mol. The molecule has 0 spiro atoms. The number of imidazole rings is 1. The zero-order valence-electron chi connectivity index (χ0n) is 19.8. The number of aromatic nitrogens is 4. The van der Waals surface area contributed by atoms with E-state index in [-0.39, 0.29) is 6.61 Å². The van der Waals surface area contributed by atoms with E-state index in [1.807, 2.05) is 29.9 Å². The Bertz CT molecular complexity index is 1470. The molecule has 0 saturated heterocycles. The Morgan fingerprint density at radius 1 is 0.912 bits per heavy atom. The maximum atomic E-state index is 10.2. The monoisotopic (exact) mass is 448 g/mol. The van der Waals surface area contributed by atoms with Crippen molar-refractivity contribution < 1.29 is 5.11 Å². The molecule has 0 aliphatic rings. The molecule has 170 valence electrons. The van der Waals surface area contributed by atoms with Crippen LogP contribution in [0.3, 0.4) is 0 Å². The van der Waals surface area contributed by atoms with Crippen molar-refractivity contribution in [3.05, 3.63) is 90.1 Å². The molecule has 0 aliphatic heterocycles. The highest BCUT2D eigenvalue weighted by Crippen LogP contribution is 2.38. The molecule has 34 heavy (non-hydrogen) atoms. The molecule has 3 heterocycles. The second-order valence-corrected chi connectivity index (χ2v) is 8.46. The number of benzene rings is 2. The van der Waals surface area contributed by atoms with E-state index < -0.39 is 0 Å². The van der Waals surface area contributed by atoms with Crippen molar-refractivity contribution in [2.24, 2.45) is 7.05 Å². The van der Waals surface area contributed by atoms with E-state index in [1.165, 1.54) is 16.7 Å². The van der Waals surface area contributed by atoms with Crippen LogP contribution in [0, 0.1) is 0 Å². The quantitative estimate of drug-likeness (QED) is 0.347. The van der Waals surface area contributed by atoms with E-state index in [9.17, 15) is 5.11 Å². The van der Waals surface area contributed by atoms with Gasteiger partial charge in [-0.05, 0) is 53.3 Å². The smallest absolute Gasteiger partial charge is 0.0964 e. The normalized spacial score (nSPS) is 11.3. The number of hydrogen-bond acceptors (Lipinski definition) is 4. The highest BCUT2D eigenvalue weighted by Gasteiger charge is 2.19. The molecule has 0 aliphatic carbocycles. The molecule has 0 unspecified atom stereocenters.